The van der Waals surface area contributed by atoms with Crippen LogP contribution < -0.4 is 0 Å². The molecule has 0 aliphatic heterocycles. The Morgan fingerprint density at radius 1 is 1.47 bits per heavy atom. The van der Waals surface area contributed by atoms with Crippen molar-refractivity contribution in [2.24, 2.45) is 0 Å². The Kier molecular flexibility index (Phi) is 2.17. The van der Waals surface area contributed by atoms with Crippen molar-refractivity contribution in [1.82, 2.24) is 15.0 Å². The lowest BCUT2D eigenvalue weighted by Crippen LogP contribution is -1.99. The minimum Gasteiger partial charge on any atom is -0.258 e. The molecule has 0 atom stereocenters. The molecule has 0 N–H and O–H groups in total. The number of nitro groups is 1. The van der Waals surface area contributed by atoms with Crippen LogP contribution in [0.15, 0.2) is 30.6 Å². The SMILES string of the molecule is Cc1ccc([N+](=O)[O-])cc1-n1ccnn1. The summed E-state index contributed by atoms with van der Waals surface area (Å²) in [6.45, 7) is 1.86. The number of non-ortho nitro benzene ring substituents is 1. The molecule has 0 saturated heterocycles. The summed E-state index contributed by atoms with van der Waals surface area (Å²) in [7, 11) is 0. The van der Waals surface area contributed by atoms with Gasteiger partial charge in [0.25, 0.3) is 5.69 Å². The molecular formula is C9H8N4O2. The van der Waals surface area contributed by atoms with E-state index in [1.54, 1.807) is 12.3 Å². The number of hydrogen-bond acceptors (Lipinski definition) is 4. The van der Waals surface area contributed by atoms with Gasteiger partial charge in [0.1, 0.15) is 0 Å². The smallest absolute Gasteiger partial charge is 0.258 e. The molecule has 1 aromatic heterocycles. The first-order chi connectivity index (χ1) is 7.18. The predicted molar refractivity (Wildman–Crippen MR) is 52.8 cm³/mol. The van der Waals surface area contributed by atoms with E-state index >= 15 is 0 Å². The Morgan fingerprint density at radius 2 is 2.27 bits per heavy atom. The molecule has 0 fully saturated rings. The third-order valence-corrected chi connectivity index (χ3v) is 2.07. The molecule has 0 unspecified atom stereocenters. The van der Waals surface area contributed by atoms with E-state index in [4.69, 9.17) is 0 Å². The monoisotopic (exact) mass is 204 g/mol. The van der Waals surface area contributed by atoms with Crippen LogP contribution in [0.1, 0.15) is 5.56 Å². The van der Waals surface area contributed by atoms with Crippen LogP contribution in [0.5, 0.6) is 0 Å². The summed E-state index contributed by atoms with van der Waals surface area (Å²) in [6, 6.07) is 4.63. The Morgan fingerprint density at radius 3 is 2.87 bits per heavy atom. The van der Waals surface area contributed by atoms with E-state index in [1.807, 2.05) is 6.92 Å². The van der Waals surface area contributed by atoms with E-state index in [1.165, 1.54) is 23.0 Å². The average molecular weight is 204 g/mol. The Bertz CT molecular complexity index is 493. The number of aryl methyl sites for hydroxylation is 1. The summed E-state index contributed by atoms with van der Waals surface area (Å²) in [5, 5.41) is 18.0. The highest BCUT2D eigenvalue weighted by Crippen LogP contribution is 2.19. The van der Waals surface area contributed by atoms with E-state index in [9.17, 15) is 10.1 Å². The van der Waals surface area contributed by atoms with Gasteiger partial charge in [-0.1, -0.05) is 11.3 Å². The zero-order chi connectivity index (χ0) is 10.8. The second-order valence-electron chi connectivity index (χ2n) is 3.08. The standard InChI is InChI=1S/C9H8N4O2/c1-7-2-3-8(13(14)15)6-9(7)12-5-4-10-11-12/h2-6H,1H3. The van der Waals surface area contributed by atoms with Gasteiger partial charge < -0.3 is 0 Å². The first kappa shape index (κ1) is 9.32. The van der Waals surface area contributed by atoms with E-state index in [0.717, 1.165) is 5.56 Å². The first-order valence-corrected chi connectivity index (χ1v) is 4.30. The van der Waals surface area contributed by atoms with Gasteiger partial charge in [-0.15, -0.1) is 5.10 Å². The van der Waals surface area contributed by atoms with Crippen molar-refractivity contribution in [3.63, 3.8) is 0 Å². The van der Waals surface area contributed by atoms with E-state index in [0.29, 0.717) is 5.69 Å². The summed E-state index contributed by atoms with van der Waals surface area (Å²) in [5.41, 5.74) is 1.62. The molecule has 1 aromatic carbocycles. The van der Waals surface area contributed by atoms with Crippen LogP contribution in [0.4, 0.5) is 5.69 Å². The molecule has 6 heteroatoms. The largest absolute Gasteiger partial charge is 0.271 e. The molecule has 2 aromatic rings. The molecule has 2 rings (SSSR count). The van der Waals surface area contributed by atoms with E-state index in [2.05, 4.69) is 10.3 Å². The molecule has 76 valence electrons. The highest BCUT2D eigenvalue weighted by molar-refractivity contribution is 5.48. The molecule has 0 bridgehead atoms. The fraction of sp³-hybridized carbons (Fsp3) is 0.111. The Balaban J connectivity index is 2.55. The van der Waals surface area contributed by atoms with Gasteiger partial charge in [-0.05, 0) is 12.5 Å². The summed E-state index contributed by atoms with van der Waals surface area (Å²) in [5.74, 6) is 0. The lowest BCUT2D eigenvalue weighted by molar-refractivity contribution is -0.384. The number of benzene rings is 1. The summed E-state index contributed by atoms with van der Waals surface area (Å²) in [4.78, 5) is 10.2. The second kappa shape index (κ2) is 3.49. The molecule has 0 aliphatic rings. The molecule has 0 radical (unpaired) electrons. The number of nitrogens with zero attached hydrogens (tertiary/aromatic N) is 4. The van der Waals surface area contributed by atoms with Crippen LogP contribution in [0.2, 0.25) is 0 Å². The third-order valence-electron chi connectivity index (χ3n) is 2.07. The predicted octanol–water partition coefficient (Wildman–Crippen LogP) is 1.48. The quantitative estimate of drug-likeness (QED) is 0.548. The maximum absolute atomic E-state index is 10.6. The van der Waals surface area contributed by atoms with Gasteiger partial charge in [0.15, 0.2) is 0 Å². The van der Waals surface area contributed by atoms with Gasteiger partial charge in [-0.25, -0.2) is 4.68 Å². The number of rotatable bonds is 2. The van der Waals surface area contributed by atoms with Crippen LogP contribution in [0.3, 0.4) is 0 Å². The van der Waals surface area contributed by atoms with Crippen molar-refractivity contribution in [3.8, 4) is 5.69 Å². The Hall–Kier alpha value is -2.24. The molecule has 1 heterocycles. The lowest BCUT2D eigenvalue weighted by atomic mass is 10.2. The lowest BCUT2D eigenvalue weighted by Gasteiger charge is -2.03. The van der Waals surface area contributed by atoms with Crippen molar-refractivity contribution >= 4 is 5.69 Å². The van der Waals surface area contributed by atoms with Gasteiger partial charge in [-0.2, -0.15) is 0 Å². The van der Waals surface area contributed by atoms with E-state index < -0.39 is 4.92 Å². The average Bonchev–Trinajstić information content (AvgIpc) is 2.71. The van der Waals surface area contributed by atoms with Gasteiger partial charge in [0, 0.05) is 12.1 Å². The van der Waals surface area contributed by atoms with Crippen molar-refractivity contribution in [2.75, 3.05) is 0 Å². The van der Waals surface area contributed by atoms with Crippen LogP contribution >= 0.6 is 0 Å². The zero-order valence-corrected chi connectivity index (χ0v) is 7.99. The maximum atomic E-state index is 10.6. The maximum Gasteiger partial charge on any atom is 0.271 e. The summed E-state index contributed by atoms with van der Waals surface area (Å²) in [6.07, 6.45) is 3.17. The Labute approximate surface area is 85.3 Å². The molecule has 0 saturated carbocycles. The third kappa shape index (κ3) is 1.69. The van der Waals surface area contributed by atoms with Gasteiger partial charge in [0.2, 0.25) is 0 Å². The van der Waals surface area contributed by atoms with Crippen LogP contribution in [0.25, 0.3) is 5.69 Å². The van der Waals surface area contributed by atoms with Crippen LogP contribution in [-0.4, -0.2) is 19.9 Å². The fourth-order valence-electron chi connectivity index (χ4n) is 1.29. The molecule has 0 spiro atoms. The zero-order valence-electron chi connectivity index (χ0n) is 7.99. The second-order valence-corrected chi connectivity index (χ2v) is 3.08. The minimum absolute atomic E-state index is 0.0473. The summed E-state index contributed by atoms with van der Waals surface area (Å²) < 4.78 is 1.50. The van der Waals surface area contributed by atoms with Gasteiger partial charge in [0.05, 0.1) is 23.0 Å². The number of nitro benzene ring substituents is 1. The van der Waals surface area contributed by atoms with Crippen molar-refractivity contribution in [1.29, 1.82) is 0 Å². The first-order valence-electron chi connectivity index (χ1n) is 4.30. The number of hydrogen-bond donors (Lipinski definition) is 0. The van der Waals surface area contributed by atoms with Gasteiger partial charge >= 0.3 is 0 Å². The highest BCUT2D eigenvalue weighted by atomic mass is 16.6. The fourth-order valence-corrected chi connectivity index (χ4v) is 1.29. The molecular weight excluding hydrogens is 196 g/mol. The van der Waals surface area contributed by atoms with Crippen molar-refractivity contribution in [2.45, 2.75) is 6.92 Å². The van der Waals surface area contributed by atoms with Crippen LogP contribution in [-0.2, 0) is 0 Å². The minimum atomic E-state index is -0.431. The molecule has 6 nitrogen and oxygen atoms in total. The van der Waals surface area contributed by atoms with Crippen LogP contribution in [0, 0.1) is 17.0 Å². The van der Waals surface area contributed by atoms with Gasteiger partial charge in [-0.3, -0.25) is 10.1 Å². The molecule has 0 aliphatic carbocycles. The number of aromatic nitrogens is 3. The summed E-state index contributed by atoms with van der Waals surface area (Å²) >= 11 is 0. The van der Waals surface area contributed by atoms with Crippen molar-refractivity contribution in [3.05, 3.63) is 46.3 Å². The topological polar surface area (TPSA) is 73.8 Å². The van der Waals surface area contributed by atoms with Crippen molar-refractivity contribution < 1.29 is 4.92 Å². The molecule has 15 heavy (non-hydrogen) atoms. The normalized spacial score (nSPS) is 10.2. The molecule has 0 amide bonds. The highest BCUT2D eigenvalue weighted by Gasteiger charge is 2.09. The van der Waals surface area contributed by atoms with E-state index in [-0.39, 0.29) is 5.69 Å².